The average Bonchev–Trinajstić information content (AvgIpc) is 3.02. The monoisotopic (exact) mass is 433 g/mol. The highest BCUT2D eigenvalue weighted by Gasteiger charge is 2.43. The number of thiazole rings is 1. The molecular formula is C19H22F3NO3S2. The van der Waals surface area contributed by atoms with Crippen LogP contribution >= 0.6 is 11.3 Å². The van der Waals surface area contributed by atoms with Crippen molar-refractivity contribution in [2.45, 2.75) is 62.3 Å². The molecule has 0 saturated carbocycles. The summed E-state index contributed by atoms with van der Waals surface area (Å²) >= 11 is 1.26. The van der Waals surface area contributed by atoms with Gasteiger partial charge in [0.2, 0.25) is 0 Å². The van der Waals surface area contributed by atoms with E-state index in [1.165, 1.54) is 25.2 Å². The molecule has 4 nitrogen and oxygen atoms in total. The van der Waals surface area contributed by atoms with Gasteiger partial charge in [-0.1, -0.05) is 26.8 Å². The molecule has 0 aliphatic rings. The maximum atomic E-state index is 12.9. The molecule has 0 atom stereocenters. The van der Waals surface area contributed by atoms with Crippen molar-refractivity contribution in [3.8, 4) is 0 Å². The van der Waals surface area contributed by atoms with Gasteiger partial charge in [-0.2, -0.15) is 13.2 Å². The lowest BCUT2D eigenvalue weighted by Gasteiger charge is -2.23. The second-order valence-electron chi connectivity index (χ2n) is 8.02. The Morgan fingerprint density at radius 3 is 2.21 bits per heavy atom. The van der Waals surface area contributed by atoms with Gasteiger partial charge in [-0.3, -0.25) is 4.79 Å². The standard InChI is InChI=1S/C19H22F3NO3S2/c1-17(2,3)14-11-27-16(23-14)10-15(24)18(4,5)28(25,26)13-8-6-7-12(9-13)19(20,21)22/h6-9,11H,10H2,1-5H3. The van der Waals surface area contributed by atoms with E-state index in [9.17, 15) is 26.4 Å². The second-order valence-corrected chi connectivity index (χ2v) is 11.5. The summed E-state index contributed by atoms with van der Waals surface area (Å²) in [6, 6.07) is 3.44. The van der Waals surface area contributed by atoms with E-state index in [1.807, 2.05) is 26.2 Å². The topological polar surface area (TPSA) is 64.1 Å². The first-order chi connectivity index (χ1) is 12.6. The number of sulfone groups is 1. The maximum Gasteiger partial charge on any atom is 0.416 e. The smallest absolute Gasteiger partial charge is 0.297 e. The van der Waals surface area contributed by atoms with Crippen LogP contribution in [-0.2, 0) is 32.6 Å². The average molecular weight is 434 g/mol. The number of carbonyl (C=O) groups excluding carboxylic acids is 1. The Kier molecular flexibility index (Phi) is 5.84. The minimum Gasteiger partial charge on any atom is -0.297 e. The first-order valence-electron chi connectivity index (χ1n) is 8.47. The largest absolute Gasteiger partial charge is 0.416 e. The lowest BCUT2D eigenvalue weighted by atomic mass is 9.93. The minimum absolute atomic E-state index is 0.202. The van der Waals surface area contributed by atoms with Crippen LogP contribution in [0, 0.1) is 0 Å². The van der Waals surface area contributed by atoms with Crippen molar-refractivity contribution >= 4 is 27.0 Å². The molecule has 2 aromatic rings. The molecule has 0 amide bonds. The Labute approximate surface area is 166 Å². The Balaban J connectivity index is 2.34. The molecule has 2 rings (SSSR count). The van der Waals surface area contributed by atoms with Gasteiger partial charge >= 0.3 is 6.18 Å². The van der Waals surface area contributed by atoms with Crippen molar-refractivity contribution in [3.05, 3.63) is 45.9 Å². The number of benzene rings is 1. The van der Waals surface area contributed by atoms with Gasteiger partial charge < -0.3 is 0 Å². The van der Waals surface area contributed by atoms with E-state index >= 15 is 0 Å². The van der Waals surface area contributed by atoms with Gasteiger partial charge in [-0.05, 0) is 32.0 Å². The van der Waals surface area contributed by atoms with Crippen LogP contribution in [0.4, 0.5) is 13.2 Å². The zero-order valence-electron chi connectivity index (χ0n) is 16.2. The number of carbonyl (C=O) groups is 1. The van der Waals surface area contributed by atoms with Crippen molar-refractivity contribution in [1.29, 1.82) is 0 Å². The zero-order chi connectivity index (χ0) is 21.5. The molecule has 28 heavy (non-hydrogen) atoms. The van der Waals surface area contributed by atoms with Gasteiger partial charge in [-0.15, -0.1) is 11.3 Å². The Morgan fingerprint density at radius 2 is 1.71 bits per heavy atom. The van der Waals surface area contributed by atoms with E-state index < -0.39 is 37.0 Å². The lowest BCUT2D eigenvalue weighted by Crippen LogP contribution is -2.41. The number of ketones is 1. The fourth-order valence-corrected chi connectivity index (χ4v) is 4.89. The van der Waals surface area contributed by atoms with Crippen molar-refractivity contribution in [2.24, 2.45) is 0 Å². The predicted molar refractivity (Wildman–Crippen MR) is 102 cm³/mol. The number of nitrogens with zero attached hydrogens (tertiary/aromatic N) is 1. The highest BCUT2D eigenvalue weighted by Crippen LogP contribution is 2.34. The van der Waals surface area contributed by atoms with Crippen LogP contribution in [0.2, 0.25) is 0 Å². The molecule has 0 saturated heterocycles. The highest BCUT2D eigenvalue weighted by molar-refractivity contribution is 7.93. The molecule has 0 N–H and O–H groups in total. The zero-order valence-corrected chi connectivity index (χ0v) is 17.8. The normalized spacial score (nSPS) is 13.6. The van der Waals surface area contributed by atoms with Crippen LogP contribution in [-0.4, -0.2) is 23.9 Å². The van der Waals surface area contributed by atoms with Crippen LogP contribution in [0.1, 0.15) is 50.9 Å². The molecule has 1 aromatic carbocycles. The van der Waals surface area contributed by atoms with Gasteiger partial charge in [0.05, 0.1) is 22.6 Å². The summed E-state index contributed by atoms with van der Waals surface area (Å²) in [5.41, 5.74) is -0.498. The molecule has 0 radical (unpaired) electrons. The molecule has 0 fully saturated rings. The van der Waals surface area contributed by atoms with E-state index in [-0.39, 0.29) is 11.8 Å². The molecule has 0 spiro atoms. The van der Waals surface area contributed by atoms with Gasteiger partial charge in [0, 0.05) is 10.8 Å². The quantitative estimate of drug-likeness (QED) is 0.678. The van der Waals surface area contributed by atoms with Crippen LogP contribution in [0.15, 0.2) is 34.5 Å². The summed E-state index contributed by atoms with van der Waals surface area (Å²) in [5.74, 6) is -0.625. The molecule has 0 unspecified atom stereocenters. The van der Waals surface area contributed by atoms with Gasteiger partial charge in [-0.25, -0.2) is 13.4 Å². The highest BCUT2D eigenvalue weighted by atomic mass is 32.2. The third kappa shape index (κ3) is 4.46. The van der Waals surface area contributed by atoms with Gasteiger partial charge in [0.15, 0.2) is 15.6 Å². The van der Waals surface area contributed by atoms with Crippen molar-refractivity contribution < 1.29 is 26.4 Å². The molecule has 0 bridgehead atoms. The summed E-state index contributed by atoms with van der Waals surface area (Å²) in [5, 5.41) is 2.29. The fourth-order valence-electron chi connectivity index (χ4n) is 2.37. The van der Waals surface area contributed by atoms with Crippen LogP contribution in [0.25, 0.3) is 0 Å². The number of alkyl halides is 3. The van der Waals surface area contributed by atoms with Crippen LogP contribution < -0.4 is 0 Å². The molecule has 154 valence electrons. The Bertz CT molecular complexity index is 984. The summed E-state index contributed by atoms with van der Waals surface area (Å²) in [7, 11) is -4.33. The first-order valence-corrected chi connectivity index (χ1v) is 10.8. The lowest BCUT2D eigenvalue weighted by molar-refractivity contribution is -0.137. The number of Topliss-reactive ketones (excluding diaryl/α,β-unsaturated/α-hetero) is 1. The number of halogens is 3. The fraction of sp³-hybridized carbons (Fsp3) is 0.474. The maximum absolute atomic E-state index is 12.9. The third-order valence-corrected chi connectivity index (χ3v) is 7.74. The van der Waals surface area contributed by atoms with Crippen molar-refractivity contribution in [1.82, 2.24) is 4.98 Å². The van der Waals surface area contributed by atoms with Gasteiger partial charge in [0.25, 0.3) is 0 Å². The van der Waals surface area contributed by atoms with Crippen molar-refractivity contribution in [2.75, 3.05) is 0 Å². The first kappa shape index (κ1) is 22.5. The van der Waals surface area contributed by atoms with Crippen LogP contribution in [0.5, 0.6) is 0 Å². The molecule has 0 aliphatic heterocycles. The predicted octanol–water partition coefficient (Wildman–Crippen LogP) is 4.82. The summed E-state index contributed by atoms with van der Waals surface area (Å²) in [6.45, 7) is 8.33. The molecule has 9 heteroatoms. The van der Waals surface area contributed by atoms with Crippen molar-refractivity contribution in [3.63, 3.8) is 0 Å². The van der Waals surface area contributed by atoms with E-state index in [0.29, 0.717) is 11.1 Å². The van der Waals surface area contributed by atoms with E-state index in [1.54, 1.807) is 0 Å². The minimum atomic E-state index is -4.68. The molecule has 1 heterocycles. The summed E-state index contributed by atoms with van der Waals surface area (Å²) < 4.78 is 62.7. The van der Waals surface area contributed by atoms with E-state index in [2.05, 4.69) is 4.98 Å². The Morgan fingerprint density at radius 1 is 1.11 bits per heavy atom. The van der Waals surface area contributed by atoms with E-state index in [4.69, 9.17) is 0 Å². The molecule has 1 aromatic heterocycles. The number of rotatable bonds is 5. The van der Waals surface area contributed by atoms with Crippen LogP contribution in [0.3, 0.4) is 0 Å². The second kappa shape index (κ2) is 7.26. The number of hydrogen-bond donors (Lipinski definition) is 0. The number of aromatic nitrogens is 1. The van der Waals surface area contributed by atoms with E-state index in [0.717, 1.165) is 23.9 Å². The van der Waals surface area contributed by atoms with Gasteiger partial charge in [0.1, 0.15) is 9.75 Å². The summed E-state index contributed by atoms with van der Waals surface area (Å²) in [6.07, 6.45) is -4.88. The molecule has 0 aliphatic carbocycles. The number of hydrogen-bond acceptors (Lipinski definition) is 5. The Hall–Kier alpha value is -1.74. The third-order valence-electron chi connectivity index (χ3n) is 4.45. The summed E-state index contributed by atoms with van der Waals surface area (Å²) in [4.78, 5) is 16.6. The molecular weight excluding hydrogens is 411 g/mol. The SMILES string of the molecule is CC(C)(C)c1csc(CC(=O)C(C)(C)S(=O)(=O)c2cccc(C(F)(F)F)c2)n1.